The Bertz CT molecular complexity index is 1350. The summed E-state index contributed by atoms with van der Waals surface area (Å²) < 4.78 is 62.5. The third kappa shape index (κ3) is 5.21. The number of ether oxygens (including phenoxy) is 1. The van der Waals surface area contributed by atoms with E-state index in [-0.39, 0.29) is 23.5 Å². The second-order valence-corrected chi connectivity index (χ2v) is 8.41. The molecule has 0 saturated heterocycles. The number of benzene rings is 4. The number of aliphatic hydroxyl groups excluding tert-OH is 1. The highest BCUT2D eigenvalue weighted by atomic mass is 19.2. The molecule has 0 amide bonds. The van der Waals surface area contributed by atoms with Crippen molar-refractivity contribution in [1.29, 1.82) is 0 Å². The Morgan fingerprint density at radius 1 is 0.694 bits per heavy atom. The zero-order valence-corrected chi connectivity index (χ0v) is 19.4. The molecule has 0 aliphatic rings. The molecule has 4 aromatic carbocycles. The molecule has 0 spiro atoms. The van der Waals surface area contributed by atoms with Crippen LogP contribution in [-0.2, 0) is 6.61 Å². The van der Waals surface area contributed by atoms with Gasteiger partial charge in [0, 0.05) is 11.1 Å². The van der Waals surface area contributed by atoms with Gasteiger partial charge in [0.1, 0.15) is 6.61 Å². The first kappa shape index (κ1) is 25.3. The minimum Gasteiger partial charge on any atom is -0.505 e. The number of hydrogen-bond donors (Lipinski definition) is 2. The molecule has 0 heterocycles. The first-order valence-electron chi connectivity index (χ1n) is 11.5. The molecule has 0 saturated carbocycles. The van der Waals surface area contributed by atoms with Crippen LogP contribution in [0.4, 0.5) is 17.6 Å². The molecular weight excluding hydrogens is 472 g/mol. The first-order valence-corrected chi connectivity index (χ1v) is 11.5. The fourth-order valence-corrected chi connectivity index (χ4v) is 3.89. The van der Waals surface area contributed by atoms with Crippen molar-refractivity contribution in [3.63, 3.8) is 0 Å². The highest BCUT2D eigenvalue weighted by Gasteiger charge is 2.17. The second kappa shape index (κ2) is 10.8. The van der Waals surface area contributed by atoms with E-state index in [9.17, 15) is 27.8 Å². The van der Waals surface area contributed by atoms with Gasteiger partial charge in [0.25, 0.3) is 0 Å². The van der Waals surface area contributed by atoms with E-state index in [0.29, 0.717) is 23.1 Å². The van der Waals surface area contributed by atoms with Gasteiger partial charge in [-0.25, -0.2) is 8.78 Å². The Balaban J connectivity index is 1.50. The van der Waals surface area contributed by atoms with Gasteiger partial charge in [0.15, 0.2) is 23.1 Å². The predicted octanol–water partition coefficient (Wildman–Crippen LogP) is 7.70. The Morgan fingerprint density at radius 2 is 1.25 bits per heavy atom. The Kier molecular flexibility index (Phi) is 7.60. The Hall–Kier alpha value is -3.84. The monoisotopic (exact) mass is 496 g/mol. The minimum atomic E-state index is -1.39. The number of aromatic hydroxyl groups is 1. The van der Waals surface area contributed by atoms with Gasteiger partial charge in [-0.05, 0) is 40.8 Å². The molecule has 0 aliphatic carbocycles. The van der Waals surface area contributed by atoms with Gasteiger partial charge in [-0.2, -0.15) is 8.78 Å². The van der Waals surface area contributed by atoms with E-state index in [0.717, 1.165) is 24.1 Å². The summed E-state index contributed by atoms with van der Waals surface area (Å²) in [6.07, 6.45) is 0.853. The standard InChI is InChI=1S/C29H24F4O3/c1-2-3-23(34)20-10-8-19(9-11-20)22-13-12-21(26(30)27(22)31)18-6-4-17(5-7-18)16-36-25-15-14-24(35)28(32)29(25)33/h4-15,23,34-35H,2-3,16H2,1H3. The molecule has 186 valence electrons. The average molecular weight is 497 g/mol. The number of halogens is 4. The van der Waals surface area contributed by atoms with Crippen molar-refractivity contribution in [2.45, 2.75) is 32.5 Å². The molecule has 1 atom stereocenters. The third-order valence-electron chi connectivity index (χ3n) is 5.94. The lowest BCUT2D eigenvalue weighted by Crippen LogP contribution is -1.99. The number of rotatable bonds is 8. The van der Waals surface area contributed by atoms with Crippen molar-refractivity contribution in [3.8, 4) is 33.8 Å². The van der Waals surface area contributed by atoms with Crippen molar-refractivity contribution >= 4 is 0 Å². The topological polar surface area (TPSA) is 49.7 Å². The van der Waals surface area contributed by atoms with Crippen LogP contribution in [0.1, 0.15) is 37.0 Å². The summed E-state index contributed by atoms with van der Waals surface area (Å²) in [5.41, 5.74) is 2.43. The molecule has 4 aromatic rings. The summed E-state index contributed by atoms with van der Waals surface area (Å²) in [6.45, 7) is 1.87. The molecule has 0 bridgehead atoms. The van der Waals surface area contributed by atoms with Gasteiger partial charge in [-0.1, -0.05) is 74.0 Å². The smallest absolute Gasteiger partial charge is 0.204 e. The van der Waals surface area contributed by atoms with E-state index in [1.165, 1.54) is 12.1 Å². The van der Waals surface area contributed by atoms with Crippen LogP contribution in [0.15, 0.2) is 72.8 Å². The molecule has 1 unspecified atom stereocenters. The van der Waals surface area contributed by atoms with Crippen LogP contribution in [0.25, 0.3) is 22.3 Å². The predicted molar refractivity (Wildman–Crippen MR) is 129 cm³/mol. The summed E-state index contributed by atoms with van der Waals surface area (Å²) in [6, 6.07) is 18.2. The maximum Gasteiger partial charge on any atom is 0.204 e. The van der Waals surface area contributed by atoms with E-state index in [2.05, 4.69) is 0 Å². The van der Waals surface area contributed by atoms with Crippen molar-refractivity contribution in [1.82, 2.24) is 0 Å². The molecule has 0 aliphatic heterocycles. The second-order valence-electron chi connectivity index (χ2n) is 8.41. The van der Waals surface area contributed by atoms with Gasteiger partial charge in [-0.3, -0.25) is 0 Å². The quantitative estimate of drug-likeness (QED) is 0.246. The molecule has 0 radical (unpaired) electrons. The normalized spacial score (nSPS) is 11.9. The lowest BCUT2D eigenvalue weighted by molar-refractivity contribution is 0.166. The Morgan fingerprint density at radius 3 is 1.81 bits per heavy atom. The summed E-state index contributed by atoms with van der Waals surface area (Å²) in [4.78, 5) is 0. The minimum absolute atomic E-state index is 0.0744. The van der Waals surface area contributed by atoms with Gasteiger partial charge in [0.2, 0.25) is 11.6 Å². The number of aliphatic hydroxyl groups is 1. The number of hydrogen-bond acceptors (Lipinski definition) is 3. The van der Waals surface area contributed by atoms with Crippen LogP contribution in [0.5, 0.6) is 11.5 Å². The molecule has 7 heteroatoms. The van der Waals surface area contributed by atoms with Gasteiger partial charge < -0.3 is 14.9 Å². The third-order valence-corrected chi connectivity index (χ3v) is 5.94. The SMILES string of the molecule is CCCC(O)c1ccc(-c2ccc(-c3ccc(COc4ccc(O)c(F)c4F)cc3)c(F)c2F)cc1. The van der Waals surface area contributed by atoms with E-state index >= 15 is 0 Å². The largest absolute Gasteiger partial charge is 0.505 e. The van der Waals surface area contributed by atoms with Crippen molar-refractivity contribution < 1.29 is 32.5 Å². The van der Waals surface area contributed by atoms with Gasteiger partial charge >= 0.3 is 0 Å². The highest BCUT2D eigenvalue weighted by molar-refractivity contribution is 5.72. The molecule has 0 fully saturated rings. The molecule has 2 N–H and O–H groups in total. The van der Waals surface area contributed by atoms with E-state index in [1.807, 2.05) is 6.92 Å². The first-order chi connectivity index (χ1) is 17.3. The van der Waals surface area contributed by atoms with Crippen LogP contribution >= 0.6 is 0 Å². The van der Waals surface area contributed by atoms with E-state index in [1.54, 1.807) is 48.5 Å². The van der Waals surface area contributed by atoms with Crippen LogP contribution in [0.2, 0.25) is 0 Å². The zero-order valence-electron chi connectivity index (χ0n) is 19.4. The van der Waals surface area contributed by atoms with Crippen LogP contribution < -0.4 is 4.74 Å². The number of phenols is 1. The van der Waals surface area contributed by atoms with Gasteiger partial charge in [0.05, 0.1) is 6.10 Å². The van der Waals surface area contributed by atoms with Crippen LogP contribution in [0.3, 0.4) is 0 Å². The van der Waals surface area contributed by atoms with Crippen molar-refractivity contribution in [3.05, 3.63) is 107 Å². The van der Waals surface area contributed by atoms with Crippen molar-refractivity contribution in [2.75, 3.05) is 0 Å². The van der Waals surface area contributed by atoms with Crippen LogP contribution in [-0.4, -0.2) is 10.2 Å². The molecule has 3 nitrogen and oxygen atoms in total. The fourth-order valence-electron chi connectivity index (χ4n) is 3.89. The average Bonchev–Trinajstić information content (AvgIpc) is 2.89. The van der Waals surface area contributed by atoms with Gasteiger partial charge in [-0.15, -0.1) is 0 Å². The molecule has 4 rings (SSSR count). The summed E-state index contributed by atoms with van der Waals surface area (Å²) in [5, 5.41) is 19.3. The van der Waals surface area contributed by atoms with E-state index in [4.69, 9.17) is 4.74 Å². The maximum atomic E-state index is 15.0. The van der Waals surface area contributed by atoms with E-state index < -0.39 is 35.1 Å². The summed E-state index contributed by atoms with van der Waals surface area (Å²) in [7, 11) is 0. The molecule has 0 aromatic heterocycles. The number of phenolic OH excluding ortho intramolecular Hbond substituents is 1. The van der Waals surface area contributed by atoms with Crippen LogP contribution in [0, 0.1) is 23.3 Å². The summed E-state index contributed by atoms with van der Waals surface area (Å²) in [5.74, 6) is -5.83. The zero-order chi connectivity index (χ0) is 25.8. The van der Waals surface area contributed by atoms with Crippen molar-refractivity contribution in [2.24, 2.45) is 0 Å². The molecular formula is C29H24F4O3. The lowest BCUT2D eigenvalue weighted by atomic mass is 9.96. The highest BCUT2D eigenvalue weighted by Crippen LogP contribution is 2.33. The lowest BCUT2D eigenvalue weighted by Gasteiger charge is -2.12. The molecule has 36 heavy (non-hydrogen) atoms. The maximum absolute atomic E-state index is 15.0. The Labute approximate surface area is 206 Å². The summed E-state index contributed by atoms with van der Waals surface area (Å²) >= 11 is 0. The fraction of sp³-hybridized carbons (Fsp3) is 0.172.